The lowest BCUT2D eigenvalue weighted by Crippen LogP contribution is -2.33. The first-order valence-electron chi connectivity index (χ1n) is 6.48. The average molecular weight is 397 g/mol. The minimum absolute atomic E-state index is 0.113. The van der Waals surface area contributed by atoms with E-state index in [4.69, 9.17) is 15.4 Å². The minimum atomic E-state index is -3.90. The van der Waals surface area contributed by atoms with Gasteiger partial charge in [0.05, 0.1) is 11.5 Å². The number of ether oxygens (including phenoxy) is 1. The molecule has 1 aromatic rings. The first kappa shape index (κ1) is 16.7. The molecule has 21 heavy (non-hydrogen) atoms. The van der Waals surface area contributed by atoms with Gasteiger partial charge >= 0.3 is 0 Å². The van der Waals surface area contributed by atoms with E-state index in [2.05, 4.69) is 21.2 Å². The third-order valence-electron chi connectivity index (χ3n) is 3.26. The molecule has 1 aromatic carbocycles. The molecule has 1 fully saturated rings. The van der Waals surface area contributed by atoms with E-state index < -0.39 is 9.05 Å². The number of carbonyl (C=O) groups is 1. The first-order valence-corrected chi connectivity index (χ1v) is 9.58. The van der Waals surface area contributed by atoms with Crippen molar-refractivity contribution in [3.63, 3.8) is 0 Å². The fourth-order valence-corrected chi connectivity index (χ4v) is 4.26. The molecule has 1 aliphatic heterocycles. The molecule has 0 bridgehead atoms. The summed E-state index contributed by atoms with van der Waals surface area (Å²) in [5.74, 6) is -0.0241. The van der Waals surface area contributed by atoms with Gasteiger partial charge in [-0.3, -0.25) is 4.79 Å². The molecule has 1 aliphatic rings. The van der Waals surface area contributed by atoms with Crippen molar-refractivity contribution in [1.82, 2.24) is 5.32 Å². The molecule has 1 heterocycles. The number of rotatable bonds is 4. The summed E-state index contributed by atoms with van der Waals surface area (Å²) in [7, 11) is 1.43. The number of hydrogen-bond acceptors (Lipinski definition) is 4. The smallest absolute Gasteiger partial charge is 0.262 e. The number of hydrogen-bond donors (Lipinski definition) is 1. The molecule has 0 aromatic heterocycles. The highest BCUT2D eigenvalue weighted by atomic mass is 79.9. The molecular weight excluding hydrogens is 382 g/mol. The van der Waals surface area contributed by atoms with Crippen molar-refractivity contribution >= 4 is 41.6 Å². The summed E-state index contributed by atoms with van der Waals surface area (Å²) in [5, 5.41) is 2.79. The zero-order valence-corrected chi connectivity index (χ0v) is 14.3. The van der Waals surface area contributed by atoms with Gasteiger partial charge in [-0.2, -0.15) is 0 Å². The van der Waals surface area contributed by atoms with Crippen molar-refractivity contribution in [3.05, 3.63) is 28.2 Å². The lowest BCUT2D eigenvalue weighted by Gasteiger charge is -2.22. The van der Waals surface area contributed by atoms with E-state index >= 15 is 0 Å². The Morgan fingerprint density at radius 2 is 2.24 bits per heavy atom. The first-order chi connectivity index (χ1) is 9.88. The van der Waals surface area contributed by atoms with Gasteiger partial charge in [-0.15, -0.1) is 0 Å². The quantitative estimate of drug-likeness (QED) is 0.794. The summed E-state index contributed by atoms with van der Waals surface area (Å²) in [4.78, 5) is 12.0. The Bertz CT molecular complexity index is 629. The Kier molecular flexibility index (Phi) is 5.65. The highest BCUT2D eigenvalue weighted by Gasteiger charge is 2.19. The molecule has 1 unspecified atom stereocenters. The molecule has 1 N–H and O–H groups in total. The standard InChI is InChI=1S/C13H15BrClNO4S/c14-11-4-3-10(6-12(11)21(15,18)19)13(17)16-7-9-2-1-5-20-8-9/h3-4,6,9H,1-2,5,7-8H2,(H,16,17). The van der Waals surface area contributed by atoms with E-state index in [0.29, 0.717) is 23.5 Å². The van der Waals surface area contributed by atoms with Crippen LogP contribution in [0.15, 0.2) is 27.6 Å². The fraction of sp³-hybridized carbons (Fsp3) is 0.462. The van der Waals surface area contributed by atoms with E-state index in [1.807, 2.05) is 0 Å². The van der Waals surface area contributed by atoms with Crippen LogP contribution in [-0.2, 0) is 13.8 Å². The van der Waals surface area contributed by atoms with E-state index in [0.717, 1.165) is 19.4 Å². The predicted molar refractivity (Wildman–Crippen MR) is 83.1 cm³/mol. The second-order valence-corrected chi connectivity index (χ2v) is 8.26. The number of carbonyl (C=O) groups excluding carboxylic acids is 1. The highest BCUT2D eigenvalue weighted by molar-refractivity contribution is 9.10. The normalized spacial score (nSPS) is 19.2. The van der Waals surface area contributed by atoms with Crippen molar-refractivity contribution < 1.29 is 17.9 Å². The molecule has 8 heteroatoms. The lowest BCUT2D eigenvalue weighted by atomic mass is 10.0. The van der Waals surface area contributed by atoms with Crippen LogP contribution in [0, 0.1) is 5.92 Å². The number of amides is 1. The van der Waals surface area contributed by atoms with E-state index in [1.54, 1.807) is 6.07 Å². The van der Waals surface area contributed by atoms with Gasteiger partial charge in [0.15, 0.2) is 0 Å². The van der Waals surface area contributed by atoms with Crippen molar-refractivity contribution in [2.75, 3.05) is 19.8 Å². The van der Waals surface area contributed by atoms with Crippen LogP contribution in [0.4, 0.5) is 0 Å². The average Bonchev–Trinajstić information content (AvgIpc) is 2.45. The zero-order valence-electron chi connectivity index (χ0n) is 11.1. The molecule has 1 atom stereocenters. The Morgan fingerprint density at radius 3 is 2.86 bits per heavy atom. The Labute approximate surface area is 136 Å². The molecule has 0 aliphatic carbocycles. The summed E-state index contributed by atoms with van der Waals surface area (Å²) < 4.78 is 28.5. The maximum atomic E-state index is 12.1. The number of benzene rings is 1. The van der Waals surface area contributed by atoms with Crippen LogP contribution in [0.3, 0.4) is 0 Å². The van der Waals surface area contributed by atoms with Crippen LogP contribution in [0.1, 0.15) is 23.2 Å². The minimum Gasteiger partial charge on any atom is -0.381 e. The Balaban J connectivity index is 2.05. The fourth-order valence-electron chi connectivity index (χ4n) is 2.14. The maximum absolute atomic E-state index is 12.1. The van der Waals surface area contributed by atoms with Crippen LogP contribution < -0.4 is 5.32 Å². The third kappa shape index (κ3) is 4.67. The van der Waals surface area contributed by atoms with Gasteiger partial charge in [0.2, 0.25) is 0 Å². The maximum Gasteiger partial charge on any atom is 0.262 e. The van der Waals surface area contributed by atoms with Crippen LogP contribution in [0.5, 0.6) is 0 Å². The summed E-state index contributed by atoms with van der Waals surface area (Å²) >= 11 is 3.11. The van der Waals surface area contributed by atoms with Crippen LogP contribution in [0.25, 0.3) is 0 Å². The summed E-state index contributed by atoms with van der Waals surface area (Å²) in [6.45, 7) is 1.92. The number of halogens is 2. The molecule has 0 spiro atoms. The topological polar surface area (TPSA) is 72.5 Å². The van der Waals surface area contributed by atoms with E-state index in [-0.39, 0.29) is 16.4 Å². The van der Waals surface area contributed by atoms with Crippen LogP contribution in [0.2, 0.25) is 0 Å². The van der Waals surface area contributed by atoms with Crippen molar-refractivity contribution in [3.8, 4) is 0 Å². The van der Waals surface area contributed by atoms with Gasteiger partial charge in [-0.05, 0) is 52.9 Å². The van der Waals surface area contributed by atoms with Crippen molar-refractivity contribution in [2.24, 2.45) is 5.92 Å². The third-order valence-corrected chi connectivity index (χ3v) is 5.58. The van der Waals surface area contributed by atoms with Gasteiger partial charge in [0.1, 0.15) is 0 Å². The lowest BCUT2D eigenvalue weighted by molar-refractivity contribution is 0.0536. The van der Waals surface area contributed by atoms with Crippen molar-refractivity contribution in [1.29, 1.82) is 0 Å². The molecule has 0 saturated carbocycles. The molecular formula is C13H15BrClNO4S. The van der Waals surface area contributed by atoms with Gasteiger partial charge in [-0.25, -0.2) is 8.42 Å². The van der Waals surface area contributed by atoms with Gasteiger partial charge < -0.3 is 10.1 Å². The van der Waals surface area contributed by atoms with Crippen LogP contribution in [-0.4, -0.2) is 34.1 Å². The van der Waals surface area contributed by atoms with Gasteiger partial charge in [-0.1, -0.05) is 0 Å². The van der Waals surface area contributed by atoms with E-state index in [1.165, 1.54) is 12.1 Å². The van der Waals surface area contributed by atoms with Gasteiger partial charge in [0, 0.05) is 33.9 Å². The molecule has 1 saturated heterocycles. The molecule has 5 nitrogen and oxygen atoms in total. The highest BCUT2D eigenvalue weighted by Crippen LogP contribution is 2.26. The SMILES string of the molecule is O=C(NCC1CCCOC1)c1ccc(Br)c(S(=O)(=O)Cl)c1. The summed E-state index contributed by atoms with van der Waals surface area (Å²) in [6.07, 6.45) is 2.01. The van der Waals surface area contributed by atoms with Crippen molar-refractivity contribution in [2.45, 2.75) is 17.7 Å². The monoisotopic (exact) mass is 395 g/mol. The van der Waals surface area contributed by atoms with Gasteiger partial charge in [0.25, 0.3) is 15.0 Å². The molecule has 0 radical (unpaired) electrons. The molecule has 2 rings (SSSR count). The van der Waals surface area contributed by atoms with Crippen LogP contribution >= 0.6 is 26.6 Å². The Hall–Kier alpha value is -0.630. The summed E-state index contributed by atoms with van der Waals surface area (Å²) in [5.41, 5.74) is 0.258. The largest absolute Gasteiger partial charge is 0.381 e. The molecule has 116 valence electrons. The number of nitrogens with one attached hydrogen (secondary N) is 1. The summed E-state index contributed by atoms with van der Waals surface area (Å²) in [6, 6.07) is 4.30. The second kappa shape index (κ2) is 7.09. The Morgan fingerprint density at radius 1 is 1.48 bits per heavy atom. The zero-order chi connectivity index (χ0) is 15.5. The second-order valence-electron chi connectivity index (χ2n) is 4.88. The predicted octanol–water partition coefficient (Wildman–Crippen LogP) is 2.53. The van der Waals surface area contributed by atoms with E-state index in [9.17, 15) is 13.2 Å². The molecule has 1 amide bonds.